The summed E-state index contributed by atoms with van der Waals surface area (Å²) in [7, 11) is 5.49. The number of carbonyl (C=O) groups is 2. The van der Waals surface area contributed by atoms with Gasteiger partial charge in [-0.15, -0.1) is 0 Å². The number of carbonyl (C=O) groups excluding carboxylic acids is 2. The number of para-hydroxylation sites is 1. The van der Waals surface area contributed by atoms with Gasteiger partial charge in [-0.2, -0.15) is 0 Å². The minimum Gasteiger partial charge on any atom is -0.503 e. The maximum absolute atomic E-state index is 13.1. The molecule has 6 heteroatoms. The number of nitrogens with zero attached hydrogens (tertiary/aromatic N) is 2. The molecule has 6 nitrogen and oxygen atoms in total. The van der Waals surface area contributed by atoms with Gasteiger partial charge in [-0.3, -0.25) is 9.59 Å². The van der Waals surface area contributed by atoms with Crippen molar-refractivity contribution in [1.29, 1.82) is 0 Å². The molecule has 1 amide bonds. The molecule has 1 unspecified atom stereocenters. The van der Waals surface area contributed by atoms with Crippen molar-refractivity contribution in [3.05, 3.63) is 41.2 Å². The molecular weight excluding hydrogens is 344 g/mol. The van der Waals surface area contributed by atoms with E-state index in [1.165, 1.54) is 0 Å². The van der Waals surface area contributed by atoms with Gasteiger partial charge in [0.2, 0.25) is 0 Å². The Morgan fingerprint density at radius 1 is 1.26 bits per heavy atom. The van der Waals surface area contributed by atoms with Crippen LogP contribution in [0.5, 0.6) is 5.75 Å². The Kier molecular flexibility index (Phi) is 6.31. The van der Waals surface area contributed by atoms with Gasteiger partial charge in [0.1, 0.15) is 5.75 Å². The first-order valence-corrected chi connectivity index (χ1v) is 9.16. The number of ether oxygens (including phenoxy) is 1. The lowest BCUT2D eigenvalue weighted by atomic mass is 9.82. The van der Waals surface area contributed by atoms with Gasteiger partial charge in [0.25, 0.3) is 5.91 Å². The van der Waals surface area contributed by atoms with E-state index in [1.54, 1.807) is 38.8 Å². The molecule has 0 spiro atoms. The second-order valence-corrected chi connectivity index (χ2v) is 8.14. The van der Waals surface area contributed by atoms with Crippen molar-refractivity contribution in [2.24, 2.45) is 5.41 Å². The van der Waals surface area contributed by atoms with E-state index in [0.717, 1.165) is 13.0 Å². The van der Waals surface area contributed by atoms with Crippen LogP contribution < -0.4 is 4.74 Å². The highest BCUT2D eigenvalue weighted by atomic mass is 16.5. The number of aliphatic hydroxyl groups is 1. The van der Waals surface area contributed by atoms with Crippen LogP contribution in [0, 0.1) is 5.41 Å². The molecule has 0 saturated heterocycles. The van der Waals surface area contributed by atoms with Crippen LogP contribution in [-0.4, -0.2) is 60.9 Å². The molecule has 1 atom stereocenters. The number of aliphatic hydroxyl groups excluding tert-OH is 1. The van der Waals surface area contributed by atoms with Crippen LogP contribution >= 0.6 is 0 Å². The fourth-order valence-electron chi connectivity index (χ4n) is 3.29. The van der Waals surface area contributed by atoms with E-state index in [9.17, 15) is 14.7 Å². The lowest BCUT2D eigenvalue weighted by Gasteiger charge is -2.30. The van der Waals surface area contributed by atoms with Crippen molar-refractivity contribution in [3.63, 3.8) is 0 Å². The Morgan fingerprint density at radius 2 is 1.89 bits per heavy atom. The van der Waals surface area contributed by atoms with E-state index in [1.807, 2.05) is 37.2 Å². The van der Waals surface area contributed by atoms with E-state index < -0.39 is 23.1 Å². The number of methoxy groups -OCH3 is 1. The minimum atomic E-state index is -0.719. The summed E-state index contributed by atoms with van der Waals surface area (Å²) in [5.74, 6) is -0.603. The first-order valence-electron chi connectivity index (χ1n) is 9.16. The van der Waals surface area contributed by atoms with Gasteiger partial charge >= 0.3 is 0 Å². The molecule has 0 aliphatic carbocycles. The average molecular weight is 374 g/mol. The molecule has 1 aromatic rings. The summed E-state index contributed by atoms with van der Waals surface area (Å²) in [6.45, 7) is 6.59. The molecule has 1 N–H and O–H groups in total. The Labute approximate surface area is 161 Å². The number of ketones is 1. The van der Waals surface area contributed by atoms with Gasteiger partial charge in [0, 0.05) is 17.5 Å². The first-order chi connectivity index (χ1) is 12.6. The highest BCUT2D eigenvalue weighted by Gasteiger charge is 2.46. The van der Waals surface area contributed by atoms with E-state index >= 15 is 0 Å². The molecule has 148 valence electrons. The molecule has 27 heavy (non-hydrogen) atoms. The number of rotatable bonds is 7. The third-order valence-electron chi connectivity index (χ3n) is 4.67. The van der Waals surface area contributed by atoms with Crippen molar-refractivity contribution in [1.82, 2.24) is 9.80 Å². The molecule has 1 aliphatic rings. The Bertz CT molecular complexity index is 747. The SMILES string of the molecule is COc1ccccc1C1C(C(=O)C(C)(C)C)=C(O)C(=O)N1CCCN(C)C. The summed E-state index contributed by atoms with van der Waals surface area (Å²) < 4.78 is 5.47. The van der Waals surface area contributed by atoms with Gasteiger partial charge in [-0.25, -0.2) is 0 Å². The minimum absolute atomic E-state index is 0.154. The number of Topliss-reactive ketones (excluding diaryl/α,β-unsaturated/α-hetero) is 1. The second-order valence-electron chi connectivity index (χ2n) is 8.14. The summed E-state index contributed by atoms with van der Waals surface area (Å²) in [6.07, 6.45) is 0.731. The zero-order valence-electron chi connectivity index (χ0n) is 17.1. The summed E-state index contributed by atoms with van der Waals surface area (Å²) in [4.78, 5) is 29.5. The first kappa shape index (κ1) is 21.0. The number of amides is 1. The Hall–Kier alpha value is -2.34. The van der Waals surface area contributed by atoms with Crippen molar-refractivity contribution in [3.8, 4) is 5.75 Å². The number of benzene rings is 1. The predicted octanol–water partition coefficient (Wildman–Crippen LogP) is 2.96. The number of hydrogen-bond acceptors (Lipinski definition) is 5. The molecule has 1 aromatic carbocycles. The van der Waals surface area contributed by atoms with Gasteiger partial charge < -0.3 is 19.6 Å². The van der Waals surface area contributed by atoms with Crippen LogP contribution in [0.4, 0.5) is 0 Å². The standard InChI is InChI=1S/C21H30N2O4/c1-21(2,3)19(25)16-17(14-10-7-8-11-15(14)27-6)23(20(26)18(16)24)13-9-12-22(4)5/h7-8,10-11,17,24H,9,12-13H2,1-6H3. The second kappa shape index (κ2) is 8.13. The molecule has 1 aliphatic heterocycles. The van der Waals surface area contributed by atoms with E-state index in [0.29, 0.717) is 17.9 Å². The maximum Gasteiger partial charge on any atom is 0.290 e. The van der Waals surface area contributed by atoms with Crippen molar-refractivity contribution in [2.75, 3.05) is 34.3 Å². The summed E-state index contributed by atoms with van der Waals surface area (Å²) in [5.41, 5.74) is 0.139. The fourth-order valence-corrected chi connectivity index (χ4v) is 3.29. The Morgan fingerprint density at radius 3 is 2.44 bits per heavy atom. The quantitative estimate of drug-likeness (QED) is 0.795. The van der Waals surface area contributed by atoms with Crippen LogP contribution in [0.25, 0.3) is 0 Å². The third kappa shape index (κ3) is 4.33. The smallest absolute Gasteiger partial charge is 0.290 e. The molecule has 2 rings (SSSR count). The van der Waals surface area contributed by atoms with Crippen molar-refractivity contribution >= 4 is 11.7 Å². The lowest BCUT2D eigenvalue weighted by Crippen LogP contribution is -2.34. The molecule has 0 fully saturated rings. The van der Waals surface area contributed by atoms with Crippen LogP contribution in [0.2, 0.25) is 0 Å². The molecule has 1 heterocycles. The summed E-state index contributed by atoms with van der Waals surface area (Å²) >= 11 is 0. The van der Waals surface area contributed by atoms with Crippen LogP contribution in [-0.2, 0) is 9.59 Å². The maximum atomic E-state index is 13.1. The zero-order valence-corrected chi connectivity index (χ0v) is 17.1. The van der Waals surface area contributed by atoms with Gasteiger partial charge in [-0.05, 0) is 33.1 Å². The van der Waals surface area contributed by atoms with Crippen LogP contribution in [0.3, 0.4) is 0 Å². The molecule has 0 radical (unpaired) electrons. The Balaban J connectivity index is 2.53. The lowest BCUT2D eigenvalue weighted by molar-refractivity contribution is -0.129. The highest BCUT2D eigenvalue weighted by molar-refractivity contribution is 6.10. The molecule has 0 bridgehead atoms. The zero-order chi connectivity index (χ0) is 20.4. The van der Waals surface area contributed by atoms with Gasteiger partial charge in [0.15, 0.2) is 11.5 Å². The van der Waals surface area contributed by atoms with Crippen LogP contribution in [0.15, 0.2) is 35.6 Å². The van der Waals surface area contributed by atoms with E-state index in [-0.39, 0.29) is 11.4 Å². The highest BCUT2D eigenvalue weighted by Crippen LogP contribution is 2.43. The molecular formula is C21H30N2O4. The fraction of sp³-hybridized carbons (Fsp3) is 0.524. The van der Waals surface area contributed by atoms with Crippen molar-refractivity contribution < 1.29 is 19.4 Å². The normalized spacial score (nSPS) is 17.8. The topological polar surface area (TPSA) is 70.1 Å². The van der Waals surface area contributed by atoms with Crippen LogP contribution in [0.1, 0.15) is 38.8 Å². The molecule has 0 aromatic heterocycles. The predicted molar refractivity (Wildman–Crippen MR) is 105 cm³/mol. The monoisotopic (exact) mass is 374 g/mol. The summed E-state index contributed by atoms with van der Waals surface area (Å²) in [5, 5.41) is 10.6. The van der Waals surface area contributed by atoms with Gasteiger partial charge in [-0.1, -0.05) is 39.0 Å². The van der Waals surface area contributed by atoms with E-state index in [2.05, 4.69) is 0 Å². The average Bonchev–Trinajstić information content (AvgIpc) is 2.84. The number of hydrogen-bond donors (Lipinski definition) is 1. The van der Waals surface area contributed by atoms with Gasteiger partial charge in [0.05, 0.1) is 18.7 Å². The molecule has 0 saturated carbocycles. The van der Waals surface area contributed by atoms with E-state index in [4.69, 9.17) is 4.74 Å². The third-order valence-corrected chi connectivity index (χ3v) is 4.67. The largest absolute Gasteiger partial charge is 0.503 e. The summed E-state index contributed by atoms with van der Waals surface area (Å²) in [6, 6.07) is 6.66. The van der Waals surface area contributed by atoms with Crippen molar-refractivity contribution in [2.45, 2.75) is 33.2 Å².